The minimum atomic E-state index is 0.0728. The lowest BCUT2D eigenvalue weighted by molar-refractivity contribution is 0.0644. The molecule has 1 aliphatic rings. The summed E-state index contributed by atoms with van der Waals surface area (Å²) in [6.07, 6.45) is 3.11. The Kier molecular flexibility index (Phi) is 4.89. The van der Waals surface area contributed by atoms with E-state index in [0.717, 1.165) is 47.6 Å². The standard InChI is InChI=1S/C21H27N3O/c1-13(2)24(14(3)4)21(25)17-10-7-6-9-16(17)20-18-11-8-12-19(18)22-15(5)23-20/h6-7,9-10,13-14H,8,11-12H2,1-5H3. The van der Waals surface area contributed by atoms with Crippen molar-refractivity contribution in [2.75, 3.05) is 0 Å². The van der Waals surface area contributed by atoms with Crippen LogP contribution >= 0.6 is 0 Å². The van der Waals surface area contributed by atoms with Gasteiger partial charge in [-0.25, -0.2) is 9.97 Å². The Balaban J connectivity index is 2.14. The minimum absolute atomic E-state index is 0.0728. The zero-order chi connectivity index (χ0) is 18.1. The lowest BCUT2D eigenvalue weighted by Gasteiger charge is -2.31. The zero-order valence-corrected chi connectivity index (χ0v) is 15.8. The molecule has 1 aromatic carbocycles. The van der Waals surface area contributed by atoms with Crippen LogP contribution in [0.3, 0.4) is 0 Å². The van der Waals surface area contributed by atoms with Crippen LogP contribution < -0.4 is 0 Å². The highest BCUT2D eigenvalue weighted by Gasteiger charge is 2.27. The lowest BCUT2D eigenvalue weighted by atomic mass is 9.98. The minimum Gasteiger partial charge on any atom is -0.334 e. The maximum absolute atomic E-state index is 13.3. The van der Waals surface area contributed by atoms with Crippen LogP contribution in [0.15, 0.2) is 24.3 Å². The number of carbonyl (C=O) groups excluding carboxylic acids is 1. The molecule has 4 heteroatoms. The summed E-state index contributed by atoms with van der Waals surface area (Å²) < 4.78 is 0. The van der Waals surface area contributed by atoms with Gasteiger partial charge >= 0.3 is 0 Å². The fourth-order valence-electron chi connectivity index (χ4n) is 3.86. The molecule has 0 spiro atoms. The van der Waals surface area contributed by atoms with Gasteiger partial charge in [-0.2, -0.15) is 0 Å². The smallest absolute Gasteiger partial charge is 0.255 e. The van der Waals surface area contributed by atoms with E-state index in [9.17, 15) is 4.79 Å². The molecule has 4 nitrogen and oxygen atoms in total. The van der Waals surface area contributed by atoms with E-state index in [1.165, 1.54) is 5.56 Å². The first-order valence-electron chi connectivity index (χ1n) is 9.18. The molecule has 0 aliphatic heterocycles. The molecule has 25 heavy (non-hydrogen) atoms. The summed E-state index contributed by atoms with van der Waals surface area (Å²) in [7, 11) is 0. The average Bonchev–Trinajstić information content (AvgIpc) is 3.01. The van der Waals surface area contributed by atoms with Crippen LogP contribution in [-0.2, 0) is 12.8 Å². The molecule has 0 atom stereocenters. The molecule has 3 rings (SSSR count). The van der Waals surface area contributed by atoms with Gasteiger partial charge in [-0.05, 0) is 59.9 Å². The SMILES string of the molecule is Cc1nc2c(c(-c3ccccc3C(=O)N(C(C)C)C(C)C)n1)CCC2. The van der Waals surface area contributed by atoms with E-state index >= 15 is 0 Å². The maximum atomic E-state index is 13.3. The van der Waals surface area contributed by atoms with Crippen molar-refractivity contribution in [2.24, 2.45) is 0 Å². The summed E-state index contributed by atoms with van der Waals surface area (Å²) in [4.78, 5) is 24.6. The van der Waals surface area contributed by atoms with Gasteiger partial charge in [0.25, 0.3) is 5.91 Å². The topological polar surface area (TPSA) is 46.1 Å². The predicted octanol–water partition coefficient (Wildman–Crippen LogP) is 4.20. The molecule has 1 amide bonds. The molecular weight excluding hydrogens is 310 g/mol. The Morgan fingerprint density at radius 3 is 2.40 bits per heavy atom. The van der Waals surface area contributed by atoms with E-state index < -0.39 is 0 Å². The van der Waals surface area contributed by atoms with Crippen LogP contribution in [0.4, 0.5) is 0 Å². The number of rotatable bonds is 4. The molecule has 0 N–H and O–H groups in total. The van der Waals surface area contributed by atoms with Crippen molar-refractivity contribution < 1.29 is 4.79 Å². The average molecular weight is 337 g/mol. The summed E-state index contributed by atoms with van der Waals surface area (Å²) >= 11 is 0. The van der Waals surface area contributed by atoms with Crippen LogP contribution in [0.1, 0.15) is 61.6 Å². The maximum Gasteiger partial charge on any atom is 0.255 e. The molecule has 1 heterocycles. The molecule has 1 aliphatic carbocycles. The van der Waals surface area contributed by atoms with Crippen molar-refractivity contribution in [3.63, 3.8) is 0 Å². The second kappa shape index (κ2) is 6.95. The Hall–Kier alpha value is -2.23. The Labute approximate surface area is 150 Å². The van der Waals surface area contributed by atoms with Crippen LogP contribution in [0, 0.1) is 6.92 Å². The van der Waals surface area contributed by atoms with Gasteiger partial charge in [0.05, 0.1) is 5.69 Å². The molecule has 0 saturated heterocycles. The number of amides is 1. The Morgan fingerprint density at radius 2 is 1.72 bits per heavy atom. The van der Waals surface area contributed by atoms with Gasteiger partial charge < -0.3 is 4.90 Å². The van der Waals surface area contributed by atoms with Crippen LogP contribution in [0.25, 0.3) is 11.3 Å². The summed E-state index contributed by atoms with van der Waals surface area (Å²) in [6, 6.07) is 8.17. The second-order valence-corrected chi connectivity index (χ2v) is 7.34. The van der Waals surface area contributed by atoms with Crippen molar-refractivity contribution >= 4 is 5.91 Å². The number of aryl methyl sites for hydroxylation is 2. The van der Waals surface area contributed by atoms with E-state index in [1.807, 2.05) is 36.1 Å². The molecular formula is C21H27N3O. The number of nitrogens with zero attached hydrogens (tertiary/aromatic N) is 3. The third-order valence-corrected chi connectivity index (χ3v) is 4.80. The first kappa shape index (κ1) is 17.6. The number of hydrogen-bond donors (Lipinski definition) is 0. The highest BCUT2D eigenvalue weighted by atomic mass is 16.2. The van der Waals surface area contributed by atoms with Crippen molar-refractivity contribution in [2.45, 2.75) is 66.0 Å². The summed E-state index contributed by atoms with van der Waals surface area (Å²) in [5.74, 6) is 0.853. The summed E-state index contributed by atoms with van der Waals surface area (Å²) in [6.45, 7) is 10.2. The van der Waals surface area contributed by atoms with Gasteiger partial charge in [-0.15, -0.1) is 0 Å². The van der Waals surface area contributed by atoms with Crippen LogP contribution in [0.2, 0.25) is 0 Å². The molecule has 0 bridgehead atoms. The first-order valence-corrected chi connectivity index (χ1v) is 9.18. The number of benzene rings is 1. The highest BCUT2D eigenvalue weighted by molar-refractivity contribution is 6.01. The molecule has 1 aromatic heterocycles. The summed E-state index contributed by atoms with van der Waals surface area (Å²) in [5.41, 5.74) is 4.97. The van der Waals surface area contributed by atoms with Crippen molar-refractivity contribution in [1.82, 2.24) is 14.9 Å². The molecule has 0 saturated carbocycles. The van der Waals surface area contributed by atoms with Gasteiger partial charge in [-0.3, -0.25) is 4.79 Å². The monoisotopic (exact) mass is 337 g/mol. The first-order chi connectivity index (χ1) is 11.9. The fraction of sp³-hybridized carbons (Fsp3) is 0.476. The van der Waals surface area contributed by atoms with E-state index in [1.54, 1.807) is 0 Å². The predicted molar refractivity (Wildman–Crippen MR) is 101 cm³/mol. The van der Waals surface area contributed by atoms with Crippen molar-refractivity contribution in [3.05, 3.63) is 46.9 Å². The van der Waals surface area contributed by atoms with E-state index in [2.05, 4.69) is 32.7 Å². The molecule has 2 aromatic rings. The zero-order valence-electron chi connectivity index (χ0n) is 15.8. The van der Waals surface area contributed by atoms with E-state index in [0.29, 0.717) is 0 Å². The van der Waals surface area contributed by atoms with Crippen molar-refractivity contribution in [1.29, 1.82) is 0 Å². The molecule has 0 radical (unpaired) electrons. The van der Waals surface area contributed by atoms with Gasteiger partial charge in [0, 0.05) is 34.5 Å². The number of hydrogen-bond acceptors (Lipinski definition) is 3. The van der Waals surface area contributed by atoms with Gasteiger partial charge in [-0.1, -0.05) is 18.2 Å². The largest absolute Gasteiger partial charge is 0.334 e. The number of fused-ring (bicyclic) bond motifs is 1. The Morgan fingerprint density at radius 1 is 1.04 bits per heavy atom. The van der Waals surface area contributed by atoms with E-state index in [4.69, 9.17) is 4.98 Å². The Bertz CT molecular complexity index is 788. The number of aromatic nitrogens is 2. The highest BCUT2D eigenvalue weighted by Crippen LogP contribution is 2.32. The van der Waals surface area contributed by atoms with Gasteiger partial charge in [0.1, 0.15) is 5.82 Å². The molecule has 132 valence electrons. The van der Waals surface area contributed by atoms with Gasteiger partial charge in [0.2, 0.25) is 0 Å². The van der Waals surface area contributed by atoms with Crippen molar-refractivity contribution in [3.8, 4) is 11.3 Å². The van der Waals surface area contributed by atoms with Crippen LogP contribution in [0.5, 0.6) is 0 Å². The fourth-order valence-corrected chi connectivity index (χ4v) is 3.86. The second-order valence-electron chi connectivity index (χ2n) is 7.34. The third-order valence-electron chi connectivity index (χ3n) is 4.80. The quantitative estimate of drug-likeness (QED) is 0.840. The van der Waals surface area contributed by atoms with E-state index in [-0.39, 0.29) is 18.0 Å². The van der Waals surface area contributed by atoms with Crippen LogP contribution in [-0.4, -0.2) is 32.9 Å². The lowest BCUT2D eigenvalue weighted by Crippen LogP contribution is -2.42. The van der Waals surface area contributed by atoms with Gasteiger partial charge in [0.15, 0.2) is 0 Å². The summed E-state index contributed by atoms with van der Waals surface area (Å²) in [5, 5.41) is 0. The molecule has 0 fully saturated rings. The normalized spacial score (nSPS) is 13.4. The molecule has 0 unspecified atom stereocenters. The number of carbonyl (C=O) groups is 1. The third kappa shape index (κ3) is 3.30.